The second-order valence-corrected chi connectivity index (χ2v) is 6.05. The van der Waals surface area contributed by atoms with Gasteiger partial charge in [-0.1, -0.05) is 24.3 Å². The molecule has 4 rings (SSSR count). The Labute approximate surface area is 145 Å². The third-order valence-corrected chi connectivity index (χ3v) is 4.68. The number of fused-ring (bicyclic) bond motifs is 5. The second kappa shape index (κ2) is 6.12. The van der Waals surface area contributed by atoms with Gasteiger partial charge in [0.15, 0.2) is 0 Å². The van der Waals surface area contributed by atoms with Crippen molar-refractivity contribution >= 4 is 17.1 Å². The number of carbonyl (C=O) groups excluding carboxylic acids is 1. The average Bonchev–Trinajstić information content (AvgIpc) is 3.16. The molecule has 0 unspecified atom stereocenters. The van der Waals surface area contributed by atoms with Crippen molar-refractivity contribution in [1.29, 1.82) is 0 Å². The summed E-state index contributed by atoms with van der Waals surface area (Å²) in [4.78, 5) is 16.1. The molecule has 6 heteroatoms. The van der Waals surface area contributed by atoms with Crippen LogP contribution in [-0.2, 0) is 13.0 Å². The van der Waals surface area contributed by atoms with Crippen molar-refractivity contribution in [2.75, 3.05) is 20.7 Å². The first-order valence-electron chi connectivity index (χ1n) is 8.33. The Morgan fingerprint density at radius 1 is 1.28 bits per heavy atom. The maximum atomic E-state index is 11.5. The Kier molecular flexibility index (Phi) is 3.80. The number of hydrogen-bond donors (Lipinski definition) is 2. The number of rotatable bonds is 4. The molecule has 3 heterocycles. The van der Waals surface area contributed by atoms with Crippen molar-refractivity contribution in [1.82, 2.24) is 20.2 Å². The number of methoxy groups -OCH3 is 1. The van der Waals surface area contributed by atoms with Crippen LogP contribution in [0.1, 0.15) is 11.1 Å². The molecule has 0 fully saturated rings. The molecule has 2 amide bonds. The molecule has 6 nitrogen and oxygen atoms in total. The molecule has 0 saturated carbocycles. The fourth-order valence-electron chi connectivity index (χ4n) is 3.54. The summed E-state index contributed by atoms with van der Waals surface area (Å²) in [6.45, 7) is 1.39. The normalized spacial score (nSPS) is 11.9. The SMILES string of the molecule is CNC(=O)NCCc1c2n(c3ccc(OC)nc13)Cc1ccccc1-2. The molecule has 0 spiro atoms. The summed E-state index contributed by atoms with van der Waals surface area (Å²) in [6, 6.07) is 12.2. The zero-order valence-corrected chi connectivity index (χ0v) is 14.3. The lowest BCUT2D eigenvalue weighted by Gasteiger charge is -2.07. The maximum absolute atomic E-state index is 11.5. The van der Waals surface area contributed by atoms with E-state index in [9.17, 15) is 4.79 Å². The number of carbonyl (C=O) groups is 1. The van der Waals surface area contributed by atoms with Crippen molar-refractivity contribution < 1.29 is 9.53 Å². The Balaban J connectivity index is 1.83. The van der Waals surface area contributed by atoms with Gasteiger partial charge < -0.3 is 19.9 Å². The summed E-state index contributed by atoms with van der Waals surface area (Å²) in [5.74, 6) is 0.602. The van der Waals surface area contributed by atoms with E-state index in [1.54, 1.807) is 14.2 Å². The molecular formula is C19H20N4O2. The van der Waals surface area contributed by atoms with Gasteiger partial charge in [-0.2, -0.15) is 0 Å². The molecule has 2 aromatic heterocycles. The second-order valence-electron chi connectivity index (χ2n) is 6.05. The lowest BCUT2D eigenvalue weighted by Crippen LogP contribution is -2.34. The number of nitrogens with zero attached hydrogens (tertiary/aromatic N) is 2. The third kappa shape index (κ3) is 2.50. The highest BCUT2D eigenvalue weighted by Crippen LogP contribution is 2.40. The zero-order valence-electron chi connectivity index (χ0n) is 14.3. The smallest absolute Gasteiger partial charge is 0.314 e. The standard InChI is InChI=1S/C19H20N4O2/c1-20-19(24)21-10-9-14-17-15(7-8-16(22-17)25-2)23-11-12-5-3-4-6-13(12)18(14)23/h3-8H,9-11H2,1-2H3,(H2,20,21,24). The lowest BCUT2D eigenvalue weighted by molar-refractivity contribution is 0.243. The minimum absolute atomic E-state index is 0.175. The van der Waals surface area contributed by atoms with Crippen LogP contribution in [0.3, 0.4) is 0 Å². The van der Waals surface area contributed by atoms with Crippen LogP contribution in [0.5, 0.6) is 5.88 Å². The van der Waals surface area contributed by atoms with Crippen LogP contribution >= 0.6 is 0 Å². The molecule has 2 N–H and O–H groups in total. The molecule has 3 aromatic rings. The van der Waals surface area contributed by atoms with Crippen molar-refractivity contribution in [3.63, 3.8) is 0 Å². The van der Waals surface area contributed by atoms with Crippen LogP contribution in [-0.4, -0.2) is 36.3 Å². The van der Waals surface area contributed by atoms with E-state index in [-0.39, 0.29) is 6.03 Å². The Morgan fingerprint density at radius 2 is 2.12 bits per heavy atom. The predicted molar refractivity (Wildman–Crippen MR) is 97.0 cm³/mol. The number of ether oxygens (including phenoxy) is 1. The van der Waals surface area contributed by atoms with E-state index in [2.05, 4.69) is 50.5 Å². The summed E-state index contributed by atoms with van der Waals surface area (Å²) in [7, 11) is 3.24. The van der Waals surface area contributed by atoms with E-state index < -0.39 is 0 Å². The molecule has 0 bridgehead atoms. The summed E-state index contributed by atoms with van der Waals surface area (Å²) in [5, 5.41) is 5.44. The van der Waals surface area contributed by atoms with Crippen LogP contribution in [0.15, 0.2) is 36.4 Å². The van der Waals surface area contributed by atoms with Crippen LogP contribution in [0, 0.1) is 0 Å². The van der Waals surface area contributed by atoms with Gasteiger partial charge in [0, 0.05) is 37.3 Å². The predicted octanol–water partition coefficient (Wildman–Crippen LogP) is 2.55. The molecule has 1 aliphatic heterocycles. The topological polar surface area (TPSA) is 68.2 Å². The molecule has 0 radical (unpaired) electrons. The molecule has 1 aliphatic rings. The first-order chi connectivity index (χ1) is 12.2. The number of benzene rings is 1. The quantitative estimate of drug-likeness (QED) is 0.602. The summed E-state index contributed by atoms with van der Waals surface area (Å²) >= 11 is 0. The summed E-state index contributed by atoms with van der Waals surface area (Å²) in [6.07, 6.45) is 0.709. The first-order valence-corrected chi connectivity index (χ1v) is 8.33. The number of aromatic nitrogens is 2. The van der Waals surface area contributed by atoms with E-state index in [4.69, 9.17) is 4.74 Å². The van der Waals surface area contributed by atoms with Gasteiger partial charge in [0.25, 0.3) is 0 Å². The molecule has 1 aromatic carbocycles. The fourth-order valence-corrected chi connectivity index (χ4v) is 3.54. The van der Waals surface area contributed by atoms with E-state index in [0.29, 0.717) is 18.8 Å². The van der Waals surface area contributed by atoms with E-state index in [1.165, 1.54) is 16.8 Å². The summed E-state index contributed by atoms with van der Waals surface area (Å²) in [5.41, 5.74) is 6.95. The van der Waals surface area contributed by atoms with Crippen molar-refractivity contribution in [3.05, 3.63) is 47.5 Å². The van der Waals surface area contributed by atoms with Crippen molar-refractivity contribution in [2.24, 2.45) is 0 Å². The number of nitrogens with one attached hydrogen (secondary N) is 2. The Hall–Kier alpha value is -3.02. The van der Waals surface area contributed by atoms with Gasteiger partial charge in [-0.15, -0.1) is 0 Å². The summed E-state index contributed by atoms with van der Waals surface area (Å²) < 4.78 is 7.61. The van der Waals surface area contributed by atoms with Gasteiger partial charge in [-0.3, -0.25) is 0 Å². The number of amides is 2. The van der Waals surface area contributed by atoms with Gasteiger partial charge in [0.1, 0.15) is 0 Å². The van der Waals surface area contributed by atoms with Gasteiger partial charge >= 0.3 is 6.03 Å². The van der Waals surface area contributed by atoms with Crippen LogP contribution in [0.2, 0.25) is 0 Å². The van der Waals surface area contributed by atoms with E-state index >= 15 is 0 Å². The highest BCUT2D eigenvalue weighted by atomic mass is 16.5. The molecule has 128 valence electrons. The number of hydrogen-bond acceptors (Lipinski definition) is 3. The van der Waals surface area contributed by atoms with Gasteiger partial charge in [0.2, 0.25) is 5.88 Å². The molecule has 0 atom stereocenters. The molecule has 0 saturated heterocycles. The highest BCUT2D eigenvalue weighted by Gasteiger charge is 2.26. The Morgan fingerprint density at radius 3 is 2.92 bits per heavy atom. The molecular weight excluding hydrogens is 316 g/mol. The minimum Gasteiger partial charge on any atom is -0.481 e. The average molecular weight is 336 g/mol. The monoisotopic (exact) mass is 336 g/mol. The van der Waals surface area contributed by atoms with Crippen LogP contribution < -0.4 is 15.4 Å². The third-order valence-electron chi connectivity index (χ3n) is 4.68. The lowest BCUT2D eigenvalue weighted by atomic mass is 10.0. The van der Waals surface area contributed by atoms with Gasteiger partial charge in [-0.05, 0) is 18.1 Å². The number of pyridine rings is 1. The fraction of sp³-hybridized carbons (Fsp3) is 0.263. The van der Waals surface area contributed by atoms with Gasteiger partial charge in [0.05, 0.1) is 23.8 Å². The first kappa shape index (κ1) is 15.5. The van der Waals surface area contributed by atoms with Crippen molar-refractivity contribution in [2.45, 2.75) is 13.0 Å². The minimum atomic E-state index is -0.175. The number of urea groups is 1. The van der Waals surface area contributed by atoms with Crippen LogP contribution in [0.25, 0.3) is 22.3 Å². The molecule has 25 heavy (non-hydrogen) atoms. The highest BCUT2D eigenvalue weighted by molar-refractivity contribution is 5.92. The maximum Gasteiger partial charge on any atom is 0.314 e. The van der Waals surface area contributed by atoms with E-state index in [0.717, 1.165) is 23.1 Å². The zero-order chi connectivity index (χ0) is 17.4. The van der Waals surface area contributed by atoms with E-state index in [1.807, 2.05) is 6.07 Å². The Bertz CT molecular complexity index is 961. The van der Waals surface area contributed by atoms with Gasteiger partial charge in [-0.25, -0.2) is 9.78 Å². The van der Waals surface area contributed by atoms with Crippen LogP contribution in [0.4, 0.5) is 4.79 Å². The van der Waals surface area contributed by atoms with Crippen molar-refractivity contribution in [3.8, 4) is 17.1 Å². The largest absolute Gasteiger partial charge is 0.481 e. The molecule has 0 aliphatic carbocycles.